The molecular formula is C19H32IN7O2. The zero-order chi connectivity index (χ0) is 20.1. The first-order valence-corrected chi connectivity index (χ1v) is 10.1. The van der Waals surface area contributed by atoms with Crippen LogP contribution in [0.2, 0.25) is 0 Å². The molecule has 0 atom stereocenters. The van der Waals surface area contributed by atoms with Crippen LogP contribution >= 0.6 is 24.0 Å². The van der Waals surface area contributed by atoms with Gasteiger partial charge in [0, 0.05) is 59.4 Å². The molecule has 1 aromatic rings. The minimum absolute atomic E-state index is 0. The monoisotopic (exact) mass is 517 g/mol. The lowest BCUT2D eigenvalue weighted by Gasteiger charge is -2.36. The molecule has 2 aliphatic heterocycles. The van der Waals surface area contributed by atoms with Crippen LogP contribution in [0.4, 0.5) is 5.69 Å². The number of carbonyl (C=O) groups is 2. The molecule has 0 spiro atoms. The summed E-state index contributed by atoms with van der Waals surface area (Å²) in [5.41, 5.74) is 0.839. The highest BCUT2D eigenvalue weighted by atomic mass is 127. The van der Waals surface area contributed by atoms with E-state index in [0.717, 1.165) is 57.2 Å². The summed E-state index contributed by atoms with van der Waals surface area (Å²) in [5, 5.41) is 7.48. The molecule has 0 radical (unpaired) electrons. The molecule has 2 amide bonds. The predicted octanol–water partition coefficient (Wildman–Crippen LogP) is 0.911. The second-order valence-electron chi connectivity index (χ2n) is 7.48. The van der Waals surface area contributed by atoms with Crippen molar-refractivity contribution in [1.29, 1.82) is 0 Å². The van der Waals surface area contributed by atoms with Gasteiger partial charge in [-0.2, -0.15) is 5.10 Å². The average Bonchev–Trinajstić information content (AvgIpc) is 3.11. The normalized spacial score (nSPS) is 18.7. The van der Waals surface area contributed by atoms with Gasteiger partial charge in [0.1, 0.15) is 6.54 Å². The molecule has 2 saturated heterocycles. The van der Waals surface area contributed by atoms with Gasteiger partial charge in [0.05, 0.1) is 11.9 Å². The minimum atomic E-state index is 0. The summed E-state index contributed by atoms with van der Waals surface area (Å²) in [6, 6.07) is 0. The number of hydrogen-bond acceptors (Lipinski definition) is 4. The van der Waals surface area contributed by atoms with Gasteiger partial charge >= 0.3 is 0 Å². The van der Waals surface area contributed by atoms with Gasteiger partial charge in [0.25, 0.3) is 0 Å². The van der Waals surface area contributed by atoms with Crippen LogP contribution in [0.3, 0.4) is 0 Å². The third kappa shape index (κ3) is 6.06. The number of hydrogen-bond donors (Lipinski definition) is 1. The predicted molar refractivity (Wildman–Crippen MR) is 124 cm³/mol. The summed E-state index contributed by atoms with van der Waals surface area (Å²) >= 11 is 0. The summed E-state index contributed by atoms with van der Waals surface area (Å²) in [6.07, 6.45) is 5.55. The lowest BCUT2D eigenvalue weighted by molar-refractivity contribution is -0.130. The summed E-state index contributed by atoms with van der Waals surface area (Å²) in [6.45, 7) is 8.44. The van der Waals surface area contributed by atoms with Crippen molar-refractivity contribution in [1.82, 2.24) is 24.9 Å². The SMILES string of the molecule is CCNC(=NCC1CCN(C(C)=O)CC1)N1CCN(c2cnn(C)c2)C(=O)C1.I. The van der Waals surface area contributed by atoms with Crippen LogP contribution in [0.1, 0.15) is 26.7 Å². The lowest BCUT2D eigenvalue weighted by atomic mass is 9.97. The maximum atomic E-state index is 12.7. The molecule has 1 aromatic heterocycles. The molecule has 10 heteroatoms. The molecule has 9 nitrogen and oxygen atoms in total. The summed E-state index contributed by atoms with van der Waals surface area (Å²) in [4.78, 5) is 34.6. The van der Waals surface area contributed by atoms with Crippen LogP contribution in [-0.4, -0.2) is 83.2 Å². The Balaban J connectivity index is 0.00000300. The highest BCUT2D eigenvalue weighted by Crippen LogP contribution is 2.19. The number of piperazine rings is 1. The van der Waals surface area contributed by atoms with Gasteiger partial charge in [-0.1, -0.05) is 0 Å². The third-order valence-electron chi connectivity index (χ3n) is 5.42. The standard InChI is InChI=1S/C19H31N7O2.HI/c1-4-20-19(21-11-16-5-7-24(8-6-16)15(2)27)25-9-10-26(18(28)14-25)17-12-22-23(3)13-17;/h12-13,16H,4-11,14H2,1-3H3,(H,20,21);1H. The van der Waals surface area contributed by atoms with E-state index in [2.05, 4.69) is 10.4 Å². The van der Waals surface area contributed by atoms with Crippen molar-refractivity contribution in [3.63, 3.8) is 0 Å². The van der Waals surface area contributed by atoms with Gasteiger partial charge in [0.15, 0.2) is 5.96 Å². The van der Waals surface area contributed by atoms with E-state index in [-0.39, 0.29) is 35.8 Å². The Kier molecular flexibility index (Phi) is 8.72. The van der Waals surface area contributed by atoms with Gasteiger partial charge in [-0.3, -0.25) is 19.3 Å². The fraction of sp³-hybridized carbons (Fsp3) is 0.684. The van der Waals surface area contributed by atoms with E-state index in [1.54, 1.807) is 22.7 Å². The summed E-state index contributed by atoms with van der Waals surface area (Å²) < 4.78 is 1.71. The molecule has 2 aliphatic rings. The molecule has 3 rings (SSSR count). The van der Waals surface area contributed by atoms with E-state index in [1.165, 1.54) is 0 Å². The summed E-state index contributed by atoms with van der Waals surface area (Å²) in [7, 11) is 1.85. The van der Waals surface area contributed by atoms with Crippen LogP contribution in [0.15, 0.2) is 17.4 Å². The van der Waals surface area contributed by atoms with Gasteiger partial charge in [-0.05, 0) is 25.7 Å². The van der Waals surface area contributed by atoms with Crippen molar-refractivity contribution in [3.05, 3.63) is 12.4 Å². The van der Waals surface area contributed by atoms with Crippen LogP contribution < -0.4 is 10.2 Å². The van der Waals surface area contributed by atoms with E-state index in [4.69, 9.17) is 4.99 Å². The molecule has 1 N–H and O–H groups in total. The Bertz CT molecular complexity index is 728. The number of guanidine groups is 1. The molecule has 0 unspecified atom stereocenters. The maximum absolute atomic E-state index is 12.7. The fourth-order valence-electron chi connectivity index (χ4n) is 3.75. The Morgan fingerprint density at radius 3 is 2.52 bits per heavy atom. The highest BCUT2D eigenvalue weighted by Gasteiger charge is 2.28. The second-order valence-corrected chi connectivity index (χ2v) is 7.48. The number of piperidine rings is 1. The molecule has 29 heavy (non-hydrogen) atoms. The lowest BCUT2D eigenvalue weighted by Crippen LogP contribution is -2.55. The highest BCUT2D eigenvalue weighted by molar-refractivity contribution is 14.0. The number of nitrogens with one attached hydrogen (secondary N) is 1. The third-order valence-corrected chi connectivity index (χ3v) is 5.42. The Hall–Kier alpha value is -1.85. The van der Waals surface area contributed by atoms with Gasteiger partial charge in [-0.25, -0.2) is 0 Å². The number of likely N-dealkylation sites (tertiary alicyclic amines) is 1. The number of nitrogens with zero attached hydrogens (tertiary/aromatic N) is 6. The fourth-order valence-corrected chi connectivity index (χ4v) is 3.75. The maximum Gasteiger partial charge on any atom is 0.246 e. The minimum Gasteiger partial charge on any atom is -0.357 e. The summed E-state index contributed by atoms with van der Waals surface area (Å²) in [5.74, 6) is 1.49. The Morgan fingerprint density at radius 1 is 1.24 bits per heavy atom. The average molecular weight is 517 g/mol. The van der Waals surface area contributed by atoms with Crippen molar-refractivity contribution in [2.24, 2.45) is 18.0 Å². The molecule has 2 fully saturated rings. The molecule has 0 aliphatic carbocycles. The number of anilines is 1. The van der Waals surface area contributed by atoms with E-state index < -0.39 is 0 Å². The number of amides is 2. The van der Waals surface area contributed by atoms with E-state index in [0.29, 0.717) is 19.0 Å². The topological polar surface area (TPSA) is 86.1 Å². The largest absolute Gasteiger partial charge is 0.357 e. The van der Waals surface area contributed by atoms with E-state index >= 15 is 0 Å². The van der Waals surface area contributed by atoms with Crippen molar-refractivity contribution in [3.8, 4) is 0 Å². The van der Waals surface area contributed by atoms with Crippen molar-refractivity contribution >= 4 is 47.4 Å². The van der Waals surface area contributed by atoms with Crippen LogP contribution in [-0.2, 0) is 16.6 Å². The smallest absolute Gasteiger partial charge is 0.246 e. The molecule has 3 heterocycles. The molecule has 0 aromatic carbocycles. The molecular weight excluding hydrogens is 485 g/mol. The van der Waals surface area contributed by atoms with Gasteiger partial charge < -0.3 is 20.0 Å². The number of halogens is 1. The number of aromatic nitrogens is 2. The zero-order valence-corrected chi connectivity index (χ0v) is 19.8. The first-order chi connectivity index (χ1) is 13.5. The quantitative estimate of drug-likeness (QED) is 0.365. The Morgan fingerprint density at radius 2 is 1.97 bits per heavy atom. The second kappa shape index (κ2) is 10.8. The molecule has 0 saturated carbocycles. The van der Waals surface area contributed by atoms with Crippen LogP contribution in [0.5, 0.6) is 0 Å². The molecule has 0 bridgehead atoms. The number of aliphatic imine (C=N–C) groups is 1. The first kappa shape index (κ1) is 23.4. The Labute approximate surface area is 189 Å². The van der Waals surface area contributed by atoms with Gasteiger partial charge in [-0.15, -0.1) is 24.0 Å². The van der Waals surface area contributed by atoms with Gasteiger partial charge in [0.2, 0.25) is 11.8 Å². The number of carbonyl (C=O) groups excluding carboxylic acids is 2. The van der Waals surface area contributed by atoms with Crippen LogP contribution in [0.25, 0.3) is 0 Å². The first-order valence-electron chi connectivity index (χ1n) is 10.1. The number of rotatable bonds is 4. The zero-order valence-electron chi connectivity index (χ0n) is 17.5. The van der Waals surface area contributed by atoms with Crippen LogP contribution in [0, 0.1) is 5.92 Å². The molecule has 162 valence electrons. The van der Waals surface area contributed by atoms with Crippen molar-refractivity contribution in [2.45, 2.75) is 26.7 Å². The van der Waals surface area contributed by atoms with E-state index in [9.17, 15) is 9.59 Å². The van der Waals surface area contributed by atoms with Crippen molar-refractivity contribution < 1.29 is 9.59 Å². The van der Waals surface area contributed by atoms with Crippen molar-refractivity contribution in [2.75, 3.05) is 50.7 Å². The number of aryl methyl sites for hydroxylation is 1. The van der Waals surface area contributed by atoms with E-state index in [1.807, 2.05) is 30.0 Å².